The second kappa shape index (κ2) is 5.98. The largest absolute Gasteiger partial charge is 0.369 e. The number of nitrogens with two attached hydrogens (primary N) is 1. The van der Waals surface area contributed by atoms with E-state index in [-0.39, 0.29) is 6.04 Å². The molecule has 100 valence electrons. The maximum Gasteiger partial charge on any atom is 0.201 e. The number of hydrogen-bond donors (Lipinski definition) is 1. The second-order valence-electron chi connectivity index (χ2n) is 4.46. The molecular weight excluding hydrogens is 256 g/mol. The van der Waals surface area contributed by atoms with Crippen molar-refractivity contribution >= 4 is 28.7 Å². The number of thioether (sulfide) groups is 1. The minimum absolute atomic E-state index is 0.290. The van der Waals surface area contributed by atoms with Crippen LogP contribution in [0.1, 0.15) is 31.9 Å². The summed E-state index contributed by atoms with van der Waals surface area (Å²) in [4.78, 5) is 4.34. The van der Waals surface area contributed by atoms with Gasteiger partial charge < -0.3 is 10.3 Å². The molecule has 4 nitrogen and oxygen atoms in total. The summed E-state index contributed by atoms with van der Waals surface area (Å²) in [5, 5.41) is 9.10. The van der Waals surface area contributed by atoms with Gasteiger partial charge in [-0.25, -0.2) is 4.98 Å². The van der Waals surface area contributed by atoms with Crippen LogP contribution in [0, 0.1) is 11.3 Å². The number of anilines is 1. The third-order valence-corrected chi connectivity index (χ3v) is 4.13. The van der Waals surface area contributed by atoms with E-state index >= 15 is 0 Å². The second-order valence-corrected chi connectivity index (χ2v) is 5.85. The molecule has 0 bridgehead atoms. The van der Waals surface area contributed by atoms with Gasteiger partial charge in [-0.1, -0.05) is 13.0 Å². The number of fused-ring (bicyclic) bond motifs is 1. The minimum Gasteiger partial charge on any atom is -0.369 e. The Kier molecular flexibility index (Phi) is 4.33. The molecule has 0 aliphatic carbocycles. The van der Waals surface area contributed by atoms with Crippen molar-refractivity contribution in [1.29, 1.82) is 5.26 Å². The van der Waals surface area contributed by atoms with Gasteiger partial charge in [0.15, 0.2) is 0 Å². The predicted octanol–water partition coefficient (Wildman–Crippen LogP) is 3.19. The fourth-order valence-corrected chi connectivity index (χ4v) is 3.01. The van der Waals surface area contributed by atoms with Crippen LogP contribution in [0.2, 0.25) is 0 Å². The lowest BCUT2D eigenvalue weighted by Crippen LogP contribution is -2.09. The fraction of sp³-hybridized carbons (Fsp3) is 0.429. The van der Waals surface area contributed by atoms with Crippen LogP contribution in [-0.4, -0.2) is 21.1 Å². The lowest BCUT2D eigenvalue weighted by Gasteiger charge is -2.15. The molecule has 1 aromatic heterocycles. The summed E-state index contributed by atoms with van der Waals surface area (Å²) < 4.78 is 2.03. The molecule has 0 saturated heterocycles. The molecule has 0 spiro atoms. The summed E-state index contributed by atoms with van der Waals surface area (Å²) in [6, 6.07) is 8.09. The Bertz CT molecular complexity index is 612. The van der Waals surface area contributed by atoms with E-state index in [0.29, 0.717) is 17.0 Å². The number of hydrogen-bond acceptors (Lipinski definition) is 4. The van der Waals surface area contributed by atoms with Crippen LogP contribution in [0.3, 0.4) is 0 Å². The Labute approximate surface area is 117 Å². The molecule has 2 aromatic rings. The molecule has 0 amide bonds. The summed E-state index contributed by atoms with van der Waals surface area (Å²) in [7, 11) is 0. The molecule has 19 heavy (non-hydrogen) atoms. The van der Waals surface area contributed by atoms with E-state index in [4.69, 9.17) is 11.0 Å². The maximum atomic E-state index is 9.10. The molecule has 2 N–H and O–H groups in total. The fourth-order valence-electron chi connectivity index (χ4n) is 2.22. The molecule has 1 heterocycles. The van der Waals surface area contributed by atoms with Crippen molar-refractivity contribution in [2.75, 3.05) is 17.2 Å². The monoisotopic (exact) mass is 274 g/mol. The summed E-state index contributed by atoms with van der Waals surface area (Å²) in [6.45, 7) is 4.31. The van der Waals surface area contributed by atoms with E-state index in [1.165, 1.54) is 0 Å². The van der Waals surface area contributed by atoms with E-state index in [9.17, 15) is 0 Å². The predicted molar refractivity (Wildman–Crippen MR) is 81.2 cm³/mol. The van der Waals surface area contributed by atoms with Gasteiger partial charge in [0, 0.05) is 6.04 Å². The Balaban J connectivity index is 2.38. The van der Waals surface area contributed by atoms with Crippen molar-refractivity contribution in [3.63, 3.8) is 0 Å². The first-order valence-corrected chi connectivity index (χ1v) is 7.58. The number of aromatic nitrogens is 2. The van der Waals surface area contributed by atoms with E-state index in [1.54, 1.807) is 6.07 Å². The Morgan fingerprint density at radius 2 is 2.32 bits per heavy atom. The maximum absolute atomic E-state index is 9.10. The first-order valence-electron chi connectivity index (χ1n) is 6.43. The van der Waals surface area contributed by atoms with Gasteiger partial charge in [0.2, 0.25) is 5.95 Å². The summed E-state index contributed by atoms with van der Waals surface area (Å²) in [5.41, 5.74) is 8.25. The zero-order valence-electron chi connectivity index (χ0n) is 11.3. The zero-order chi connectivity index (χ0) is 13.8. The van der Waals surface area contributed by atoms with Crippen molar-refractivity contribution in [3.8, 4) is 6.07 Å². The summed E-state index contributed by atoms with van der Waals surface area (Å²) in [5.74, 6) is 2.73. The molecule has 0 aliphatic rings. The van der Waals surface area contributed by atoms with Crippen molar-refractivity contribution in [2.45, 2.75) is 26.3 Å². The smallest absolute Gasteiger partial charge is 0.201 e. The number of nitrogens with zero attached hydrogens (tertiary/aromatic N) is 3. The summed E-state index contributed by atoms with van der Waals surface area (Å²) in [6.07, 6.45) is 1.05. The average molecular weight is 274 g/mol. The topological polar surface area (TPSA) is 67.6 Å². The third-order valence-electron chi connectivity index (χ3n) is 3.19. The lowest BCUT2D eigenvalue weighted by atomic mass is 10.2. The summed E-state index contributed by atoms with van der Waals surface area (Å²) >= 11 is 1.93. The van der Waals surface area contributed by atoms with Gasteiger partial charge in [0.1, 0.15) is 11.6 Å². The molecule has 1 unspecified atom stereocenters. The first kappa shape index (κ1) is 13.8. The van der Waals surface area contributed by atoms with Crippen LogP contribution in [0.25, 0.3) is 11.0 Å². The van der Waals surface area contributed by atoms with E-state index in [2.05, 4.69) is 24.9 Å². The van der Waals surface area contributed by atoms with Gasteiger partial charge in [-0.3, -0.25) is 0 Å². The lowest BCUT2D eigenvalue weighted by molar-refractivity contribution is 0.556. The minimum atomic E-state index is 0.290. The average Bonchev–Trinajstić information content (AvgIpc) is 2.74. The SMILES string of the molecule is CCSCCC(C)n1c(N)nc2c(C#N)cccc21. The van der Waals surface area contributed by atoms with Gasteiger partial charge in [0.05, 0.1) is 11.1 Å². The van der Waals surface area contributed by atoms with Crippen molar-refractivity contribution in [1.82, 2.24) is 9.55 Å². The van der Waals surface area contributed by atoms with Crippen molar-refractivity contribution < 1.29 is 0 Å². The van der Waals surface area contributed by atoms with Gasteiger partial charge in [-0.05, 0) is 37.0 Å². The van der Waals surface area contributed by atoms with Crippen LogP contribution >= 0.6 is 11.8 Å². The van der Waals surface area contributed by atoms with Crippen molar-refractivity contribution in [2.24, 2.45) is 0 Å². The molecule has 5 heteroatoms. The highest BCUT2D eigenvalue weighted by Gasteiger charge is 2.15. The van der Waals surface area contributed by atoms with Crippen LogP contribution < -0.4 is 5.73 Å². The standard InChI is InChI=1S/C14H18N4S/c1-3-19-8-7-10(2)18-12-6-4-5-11(9-15)13(12)17-14(18)16/h4-6,10H,3,7-8H2,1-2H3,(H2,16,17). The molecule has 1 aromatic carbocycles. The highest BCUT2D eigenvalue weighted by Crippen LogP contribution is 2.27. The Morgan fingerprint density at radius 1 is 1.53 bits per heavy atom. The quantitative estimate of drug-likeness (QED) is 0.850. The van der Waals surface area contributed by atoms with Gasteiger partial charge in [-0.2, -0.15) is 17.0 Å². The van der Waals surface area contributed by atoms with Gasteiger partial charge >= 0.3 is 0 Å². The first-order chi connectivity index (χ1) is 9.19. The number of rotatable bonds is 5. The van der Waals surface area contributed by atoms with Crippen LogP contribution in [0.5, 0.6) is 0 Å². The van der Waals surface area contributed by atoms with Crippen LogP contribution in [0.15, 0.2) is 18.2 Å². The molecule has 0 radical (unpaired) electrons. The number of imidazole rings is 1. The highest BCUT2D eigenvalue weighted by molar-refractivity contribution is 7.99. The normalized spacial score (nSPS) is 12.5. The zero-order valence-corrected chi connectivity index (χ0v) is 12.1. The molecule has 1 atom stereocenters. The Morgan fingerprint density at radius 3 is 3.00 bits per heavy atom. The number of benzene rings is 1. The van der Waals surface area contributed by atoms with Gasteiger partial charge in [-0.15, -0.1) is 0 Å². The number of nitriles is 1. The van der Waals surface area contributed by atoms with Gasteiger partial charge in [0.25, 0.3) is 0 Å². The molecule has 0 saturated carbocycles. The van der Waals surface area contributed by atoms with E-state index in [1.807, 2.05) is 28.5 Å². The molecule has 0 aliphatic heterocycles. The van der Waals surface area contributed by atoms with Crippen molar-refractivity contribution in [3.05, 3.63) is 23.8 Å². The van der Waals surface area contributed by atoms with Crippen LogP contribution in [0.4, 0.5) is 5.95 Å². The molecule has 2 rings (SSSR count). The molecular formula is C14H18N4S. The number of para-hydroxylation sites is 1. The van der Waals surface area contributed by atoms with Crippen LogP contribution in [-0.2, 0) is 0 Å². The Hall–Kier alpha value is -1.67. The highest BCUT2D eigenvalue weighted by atomic mass is 32.2. The van der Waals surface area contributed by atoms with E-state index in [0.717, 1.165) is 23.4 Å². The third kappa shape index (κ3) is 2.69. The molecule has 0 fully saturated rings. The van der Waals surface area contributed by atoms with E-state index < -0.39 is 0 Å². The number of nitrogen functional groups attached to an aromatic ring is 1.